The van der Waals surface area contributed by atoms with Gasteiger partial charge in [0.1, 0.15) is 0 Å². The average molecular weight is 443 g/mol. The molecule has 11 heavy (non-hydrogen) atoms. The third-order valence-corrected chi connectivity index (χ3v) is 40.1. The van der Waals surface area contributed by atoms with Crippen molar-refractivity contribution >= 4 is 5.69 Å². The number of rotatable bonds is 2. The van der Waals surface area contributed by atoms with Crippen molar-refractivity contribution in [1.29, 1.82) is 0 Å². The van der Waals surface area contributed by atoms with Gasteiger partial charge in [-0.05, 0) is 0 Å². The Bertz CT molecular complexity index is 329. The molecule has 0 radical (unpaired) electrons. The second-order valence-corrected chi connectivity index (χ2v) is 37.9. The molecule has 11 heteroatoms. The van der Waals surface area contributed by atoms with Crippen molar-refractivity contribution in [3.05, 3.63) is 0 Å². The minimum atomic E-state index is -6.79. The third kappa shape index (κ3) is 2.39. The number of hydrogen-bond donors (Lipinski definition) is 4. The maximum absolute atomic E-state index is 10.3. The van der Waals surface area contributed by atoms with Gasteiger partial charge in [-0.3, -0.25) is 0 Å². The zero-order valence-electron chi connectivity index (χ0n) is 4.69. The van der Waals surface area contributed by atoms with Gasteiger partial charge in [0.15, 0.2) is 0 Å². The summed E-state index contributed by atoms with van der Waals surface area (Å²) in [5.74, 6) is 0. The molecule has 0 aromatic carbocycles. The molecule has 0 saturated carbocycles. The Kier molecular flexibility index (Phi) is 3.19. The van der Waals surface area contributed by atoms with Gasteiger partial charge in [0, 0.05) is 0 Å². The summed E-state index contributed by atoms with van der Waals surface area (Å²) in [5.41, 5.74) is -5.58. The van der Waals surface area contributed by atoms with Crippen LogP contribution in [0.1, 0.15) is 0 Å². The van der Waals surface area contributed by atoms with E-state index in [1.807, 2.05) is 0 Å². The van der Waals surface area contributed by atoms with E-state index < -0.39 is 32.0 Å². The topological polar surface area (TPSA) is 149 Å². The first-order valence-electron chi connectivity index (χ1n) is 1.80. The second-order valence-electron chi connectivity index (χ2n) is 1.37. The van der Waals surface area contributed by atoms with E-state index in [2.05, 4.69) is 0 Å². The molecule has 8 nitrogen and oxygen atoms in total. The van der Waals surface area contributed by atoms with Crippen LogP contribution in [-0.4, -0.2) is 17.3 Å². The van der Waals surface area contributed by atoms with E-state index in [4.69, 9.17) is 17.3 Å². The molecule has 69 valence electrons. The van der Waals surface area contributed by atoms with Crippen molar-refractivity contribution < 1.29 is 58.3 Å². The fourth-order valence-corrected chi connectivity index (χ4v) is 17.8. The minimum absolute atomic E-state index is 5.58. The van der Waals surface area contributed by atoms with E-state index in [1.54, 1.807) is 0 Å². The first-order chi connectivity index (χ1) is 4.50. The van der Waals surface area contributed by atoms with Gasteiger partial charge in [-0.2, -0.15) is 0 Å². The second kappa shape index (κ2) is 2.96. The van der Waals surface area contributed by atoms with E-state index in [-0.39, 0.29) is 0 Å². The van der Waals surface area contributed by atoms with Crippen molar-refractivity contribution in [2.75, 3.05) is 0 Å². The van der Waals surface area contributed by atoms with Crippen LogP contribution in [-0.2, 0) is 41.0 Å². The molecule has 0 heterocycles. The number of hydrogen-bond acceptors (Lipinski definition) is 4. The Balaban J connectivity index is 5.47. The van der Waals surface area contributed by atoms with Crippen LogP contribution in [0, 0.1) is 0 Å². The predicted octanol–water partition coefficient (Wildman–Crippen LogP) is -1.85. The van der Waals surface area contributed by atoms with E-state index in [9.17, 15) is 14.8 Å². The summed E-state index contributed by atoms with van der Waals surface area (Å²) in [6, 6.07) is 0. The molecule has 0 fully saturated rings. The van der Waals surface area contributed by atoms with Crippen LogP contribution in [0.15, 0.2) is 0 Å². The molecular weight excluding hydrogens is 439 g/mol. The summed E-state index contributed by atoms with van der Waals surface area (Å²) in [5, 5.41) is 0. The summed E-state index contributed by atoms with van der Waals surface area (Å²) < 4.78 is 56.7. The summed E-state index contributed by atoms with van der Waals surface area (Å²) >= 11 is -13.4. The van der Waals surface area contributed by atoms with Crippen LogP contribution in [0.5, 0.6) is 0 Å². The Morgan fingerprint density at radius 3 is 1.55 bits per heavy atom. The van der Waals surface area contributed by atoms with Crippen LogP contribution in [0.3, 0.4) is 0 Å². The van der Waals surface area contributed by atoms with Gasteiger partial charge < -0.3 is 0 Å². The molecule has 0 aliphatic rings. The summed E-state index contributed by atoms with van der Waals surface area (Å²) in [6.45, 7) is 0. The molecular formula is H4MoO8PW. The third-order valence-electron chi connectivity index (χ3n) is 0.575. The van der Waals surface area contributed by atoms with Crippen molar-refractivity contribution in [3.8, 4) is 0 Å². The summed E-state index contributed by atoms with van der Waals surface area (Å²) in [4.78, 5) is 16.0. The average Bonchev–Trinajstić information content (AvgIpc) is 1.58. The Morgan fingerprint density at radius 2 is 1.55 bits per heavy atom. The quantitative estimate of drug-likeness (QED) is 0.288. The molecule has 0 aromatic rings. The van der Waals surface area contributed by atoms with Crippen molar-refractivity contribution in [2.24, 2.45) is 0 Å². The zero-order valence-corrected chi connectivity index (χ0v) is 10.5. The van der Waals surface area contributed by atoms with Gasteiger partial charge in [-0.15, -0.1) is 0 Å². The van der Waals surface area contributed by atoms with Gasteiger partial charge in [-0.1, -0.05) is 0 Å². The molecule has 0 saturated heterocycles. The first kappa shape index (κ1) is 11.8. The molecule has 0 aliphatic carbocycles. The molecule has 0 rings (SSSR count). The van der Waals surface area contributed by atoms with Crippen LogP contribution in [0.25, 0.3) is 0 Å². The van der Waals surface area contributed by atoms with Gasteiger partial charge >= 0.3 is 64.0 Å². The fraction of sp³-hybridized carbons (Fsp3) is 0. The Labute approximate surface area is 63.9 Å². The molecule has 0 spiro atoms. The molecule has 1 atom stereocenters. The van der Waals surface area contributed by atoms with Crippen molar-refractivity contribution in [2.45, 2.75) is 0 Å². The van der Waals surface area contributed by atoms with Crippen LogP contribution < -0.4 is 0 Å². The van der Waals surface area contributed by atoms with Crippen molar-refractivity contribution in [1.82, 2.24) is 0 Å². The molecule has 4 N–H and O–H groups in total. The standard InChI is InChI=1S/Mo.HO3P.2H2O.3O.W/c;1-4(2)3;;;;;;/h;(H-,1,2,3);2*1H2;;;;/q;;;;;;;+1/p-1. The Morgan fingerprint density at radius 1 is 1.27 bits per heavy atom. The first-order valence-corrected chi connectivity index (χ1v) is 19.3. The van der Waals surface area contributed by atoms with Gasteiger partial charge in [0.2, 0.25) is 0 Å². The molecule has 1 unspecified atom stereocenters. The van der Waals surface area contributed by atoms with E-state index in [0.29, 0.717) is 0 Å². The van der Waals surface area contributed by atoms with Gasteiger partial charge in [0.05, 0.1) is 0 Å². The summed E-state index contributed by atoms with van der Waals surface area (Å²) in [7, 11) is 0. The maximum atomic E-state index is 10.3. The van der Waals surface area contributed by atoms with Crippen LogP contribution in [0.2, 0.25) is 0 Å². The molecule has 0 aliphatic heterocycles. The SMILES string of the molecule is O=[P](O)(O)[Mo](=[O])([OH])[W](=[O])(=[O])[OH]. The van der Waals surface area contributed by atoms with Crippen LogP contribution in [0.4, 0.5) is 0 Å². The van der Waals surface area contributed by atoms with E-state index in [0.717, 1.165) is 0 Å². The zero-order chi connectivity index (χ0) is 9.50. The van der Waals surface area contributed by atoms with Crippen LogP contribution >= 0.6 is 5.69 Å². The normalized spacial score (nSPS) is 19.3. The van der Waals surface area contributed by atoms with Gasteiger partial charge in [-0.25, -0.2) is 0 Å². The molecule has 0 amide bonds. The fourth-order valence-electron chi connectivity index (χ4n) is 0.123. The Hall–Kier alpha value is 0.847. The summed E-state index contributed by atoms with van der Waals surface area (Å²) in [6.07, 6.45) is 0. The van der Waals surface area contributed by atoms with Gasteiger partial charge in [0.25, 0.3) is 0 Å². The predicted molar refractivity (Wildman–Crippen MR) is 18.5 cm³/mol. The molecule has 0 bridgehead atoms. The van der Waals surface area contributed by atoms with E-state index >= 15 is 0 Å². The monoisotopic (exact) mass is 445 g/mol. The molecule has 0 aromatic heterocycles. The van der Waals surface area contributed by atoms with E-state index in [1.165, 1.54) is 0 Å². The van der Waals surface area contributed by atoms with Crippen molar-refractivity contribution in [3.63, 3.8) is 0 Å².